The molecule has 200 valence electrons. The summed E-state index contributed by atoms with van der Waals surface area (Å²) in [4.78, 5) is 25.7. The van der Waals surface area contributed by atoms with Crippen LogP contribution in [0, 0.1) is 6.92 Å². The lowest BCUT2D eigenvalue weighted by Crippen LogP contribution is -2.49. The van der Waals surface area contributed by atoms with Crippen LogP contribution >= 0.6 is 0 Å². The maximum absolute atomic E-state index is 13.6. The van der Waals surface area contributed by atoms with Crippen LogP contribution in [0.25, 0.3) is 0 Å². The van der Waals surface area contributed by atoms with Crippen LogP contribution in [-0.4, -0.2) is 47.0 Å². The molecule has 1 aliphatic heterocycles. The summed E-state index contributed by atoms with van der Waals surface area (Å²) in [5.74, 6) is -0.967. The largest absolute Gasteiger partial charge is 0.466 e. The Hall–Kier alpha value is -2.75. The maximum atomic E-state index is 13.6. The van der Waals surface area contributed by atoms with Crippen molar-refractivity contribution in [2.45, 2.75) is 70.2 Å². The Balaban J connectivity index is 2.27. The second kappa shape index (κ2) is 11.3. The van der Waals surface area contributed by atoms with Gasteiger partial charge in [0.1, 0.15) is 0 Å². The molecule has 1 heterocycles. The van der Waals surface area contributed by atoms with Gasteiger partial charge in [0.05, 0.1) is 32.8 Å². The van der Waals surface area contributed by atoms with E-state index in [0.717, 1.165) is 40.0 Å². The number of hydrogen-bond donors (Lipinski definition) is 0. The van der Waals surface area contributed by atoms with E-state index in [0.29, 0.717) is 11.1 Å². The smallest absolute Gasteiger partial charge is 0.338 e. The third kappa shape index (κ3) is 5.30. The van der Waals surface area contributed by atoms with Crippen LogP contribution in [0.4, 0.5) is 0 Å². The van der Waals surface area contributed by atoms with E-state index >= 15 is 0 Å². The molecule has 3 rings (SSSR count). The first kappa shape index (κ1) is 28.8. The molecule has 7 nitrogen and oxygen atoms in total. The number of carbonyl (C=O) groups is 2. The summed E-state index contributed by atoms with van der Waals surface area (Å²) in [5, 5.41) is 0.966. The van der Waals surface area contributed by atoms with Gasteiger partial charge in [-0.05, 0) is 40.9 Å². The third-order valence-corrected chi connectivity index (χ3v) is 15.2. The minimum Gasteiger partial charge on any atom is -0.466 e. The second-order valence-corrected chi connectivity index (χ2v) is 16.8. The van der Waals surface area contributed by atoms with Gasteiger partial charge in [0.15, 0.2) is 0 Å². The number of ether oxygens (including phenoxy) is 2. The normalized spacial score (nSPS) is 13.8. The van der Waals surface area contributed by atoms with Gasteiger partial charge in [-0.2, -0.15) is 4.31 Å². The van der Waals surface area contributed by atoms with Crippen LogP contribution in [0.2, 0.25) is 18.1 Å². The highest BCUT2D eigenvalue weighted by Gasteiger charge is 2.41. The summed E-state index contributed by atoms with van der Waals surface area (Å²) in [6.07, 6.45) is 0.212. The molecule has 0 unspecified atom stereocenters. The second-order valence-electron chi connectivity index (χ2n) is 9.61. The van der Waals surface area contributed by atoms with E-state index in [1.165, 1.54) is 18.5 Å². The van der Waals surface area contributed by atoms with E-state index in [9.17, 15) is 18.0 Å². The lowest BCUT2D eigenvalue weighted by molar-refractivity contribution is -0.136. The standard InChI is InChI=1S/C28H37NO6SSi/c1-8-37(9-2,10-3)25-16-21(15-20(5)27(30)34-6)23-17-29(18-24(23)26(25)28(31)35-7)36(32,33)22-13-11-19(4)12-14-22/h11-14,16H,5,8-10,15,17-18H2,1-4,6-7H3. The Morgan fingerprint density at radius 2 is 1.54 bits per heavy atom. The Morgan fingerprint density at radius 1 is 0.973 bits per heavy atom. The highest BCUT2D eigenvalue weighted by Crippen LogP contribution is 2.36. The summed E-state index contributed by atoms with van der Waals surface area (Å²) in [6.45, 7) is 12.4. The van der Waals surface area contributed by atoms with E-state index in [1.54, 1.807) is 24.3 Å². The SMILES string of the molecule is C=C(Cc1cc([Si](CC)(CC)CC)c(C(=O)OC)c2c1CN(S(=O)(=O)c1ccc(C)cc1)C2)C(=O)OC. The van der Waals surface area contributed by atoms with Crippen molar-refractivity contribution in [1.82, 2.24) is 4.31 Å². The molecule has 0 radical (unpaired) electrons. The molecule has 0 saturated heterocycles. The molecule has 0 atom stereocenters. The Bertz CT molecular complexity index is 1300. The van der Waals surface area contributed by atoms with Crippen molar-refractivity contribution in [2.75, 3.05) is 14.2 Å². The zero-order valence-corrected chi connectivity index (χ0v) is 24.5. The molecule has 0 fully saturated rings. The van der Waals surface area contributed by atoms with Gasteiger partial charge in [0.25, 0.3) is 0 Å². The van der Waals surface area contributed by atoms with Gasteiger partial charge in [-0.1, -0.05) is 69.2 Å². The highest BCUT2D eigenvalue weighted by molar-refractivity contribution is 7.89. The molecule has 0 amide bonds. The van der Waals surface area contributed by atoms with Gasteiger partial charge >= 0.3 is 11.9 Å². The first-order valence-corrected chi connectivity index (χ1v) is 16.6. The van der Waals surface area contributed by atoms with Crippen LogP contribution in [0.1, 0.15) is 53.4 Å². The highest BCUT2D eigenvalue weighted by atomic mass is 32.2. The van der Waals surface area contributed by atoms with Crippen molar-refractivity contribution in [3.8, 4) is 0 Å². The number of fused-ring (bicyclic) bond motifs is 1. The minimum atomic E-state index is -3.83. The molecule has 1 aliphatic rings. The van der Waals surface area contributed by atoms with Crippen molar-refractivity contribution >= 4 is 35.2 Å². The number of hydrogen-bond acceptors (Lipinski definition) is 6. The van der Waals surface area contributed by atoms with Crippen molar-refractivity contribution in [3.63, 3.8) is 0 Å². The van der Waals surface area contributed by atoms with Crippen molar-refractivity contribution < 1.29 is 27.5 Å². The molecular weight excluding hydrogens is 506 g/mol. The molecule has 2 aromatic rings. The van der Waals surface area contributed by atoms with Crippen molar-refractivity contribution in [1.29, 1.82) is 0 Å². The number of benzene rings is 2. The number of carbonyl (C=O) groups excluding carboxylic acids is 2. The average molecular weight is 544 g/mol. The number of aryl methyl sites for hydroxylation is 1. The summed E-state index contributed by atoms with van der Waals surface area (Å²) >= 11 is 0. The van der Waals surface area contributed by atoms with E-state index in [-0.39, 0.29) is 30.0 Å². The molecular formula is C28H37NO6SSi. The number of esters is 2. The van der Waals surface area contributed by atoms with Gasteiger partial charge in [0, 0.05) is 25.1 Å². The van der Waals surface area contributed by atoms with Crippen LogP contribution in [-0.2, 0) is 43.8 Å². The first-order valence-electron chi connectivity index (χ1n) is 12.6. The fraction of sp³-hybridized carbons (Fsp3) is 0.429. The third-order valence-electron chi connectivity index (χ3n) is 7.84. The lowest BCUT2D eigenvalue weighted by Gasteiger charge is -2.32. The van der Waals surface area contributed by atoms with Crippen LogP contribution in [0.3, 0.4) is 0 Å². The van der Waals surface area contributed by atoms with Crippen LogP contribution < -0.4 is 5.19 Å². The molecule has 2 aromatic carbocycles. The molecule has 0 saturated carbocycles. The Kier molecular flexibility index (Phi) is 8.82. The van der Waals surface area contributed by atoms with E-state index in [1.807, 2.05) is 13.0 Å². The fourth-order valence-electron chi connectivity index (χ4n) is 5.33. The van der Waals surface area contributed by atoms with Gasteiger partial charge in [-0.15, -0.1) is 0 Å². The summed E-state index contributed by atoms with van der Waals surface area (Å²) in [7, 11) is -3.29. The summed E-state index contributed by atoms with van der Waals surface area (Å²) in [6, 6.07) is 11.5. The first-order chi connectivity index (χ1) is 17.5. The van der Waals surface area contributed by atoms with Gasteiger partial charge in [0.2, 0.25) is 10.0 Å². The van der Waals surface area contributed by atoms with Crippen LogP contribution in [0.5, 0.6) is 0 Å². The van der Waals surface area contributed by atoms with Gasteiger partial charge < -0.3 is 9.47 Å². The van der Waals surface area contributed by atoms with E-state index in [2.05, 4.69) is 27.4 Å². The fourth-order valence-corrected chi connectivity index (χ4v) is 10.6. The molecule has 9 heteroatoms. The summed E-state index contributed by atoms with van der Waals surface area (Å²) < 4.78 is 38.8. The zero-order valence-electron chi connectivity index (χ0n) is 22.6. The van der Waals surface area contributed by atoms with E-state index in [4.69, 9.17) is 9.47 Å². The molecule has 0 aromatic heterocycles. The van der Waals surface area contributed by atoms with Crippen molar-refractivity contribution in [3.05, 3.63) is 70.3 Å². The number of rotatable bonds is 10. The predicted octanol–water partition coefficient (Wildman–Crippen LogP) is 4.47. The minimum absolute atomic E-state index is 0.0587. The van der Waals surface area contributed by atoms with Gasteiger partial charge in [-0.3, -0.25) is 0 Å². The predicted molar refractivity (Wildman–Crippen MR) is 147 cm³/mol. The van der Waals surface area contributed by atoms with Gasteiger partial charge in [-0.25, -0.2) is 18.0 Å². The molecule has 0 bridgehead atoms. The number of methoxy groups -OCH3 is 2. The van der Waals surface area contributed by atoms with Crippen LogP contribution in [0.15, 0.2) is 47.4 Å². The van der Waals surface area contributed by atoms with E-state index < -0.39 is 30.0 Å². The molecule has 0 N–H and O–H groups in total. The molecule has 0 spiro atoms. The zero-order chi connectivity index (χ0) is 27.5. The maximum Gasteiger partial charge on any atom is 0.338 e. The lowest BCUT2D eigenvalue weighted by atomic mass is 9.94. The topological polar surface area (TPSA) is 90.0 Å². The molecule has 0 aliphatic carbocycles. The summed E-state index contributed by atoms with van der Waals surface area (Å²) in [5.41, 5.74) is 3.93. The number of nitrogens with zero attached hydrogens (tertiary/aromatic N) is 1. The quantitative estimate of drug-likeness (QED) is 0.249. The monoisotopic (exact) mass is 543 g/mol. The average Bonchev–Trinajstić information content (AvgIpc) is 3.36. The molecule has 37 heavy (non-hydrogen) atoms. The van der Waals surface area contributed by atoms with Crippen molar-refractivity contribution in [2.24, 2.45) is 0 Å². The Morgan fingerprint density at radius 3 is 2.05 bits per heavy atom. The number of sulfonamides is 1. The Labute approximate surface area is 221 Å².